The molecule has 2 aliphatic rings. The van der Waals surface area contributed by atoms with Crippen LogP contribution in [0.3, 0.4) is 0 Å². The zero-order chi connectivity index (χ0) is 14.3. The molecule has 1 unspecified atom stereocenters. The highest BCUT2D eigenvalue weighted by Crippen LogP contribution is 2.36. The lowest BCUT2D eigenvalue weighted by Gasteiger charge is -2.35. The number of fused-ring (bicyclic) bond motifs is 1. The maximum atomic E-state index is 5.81. The van der Waals surface area contributed by atoms with Gasteiger partial charge in [-0.15, -0.1) is 0 Å². The number of pyridine rings is 1. The molecule has 4 nitrogen and oxygen atoms in total. The molecular weight excluding hydrogens is 260 g/mol. The molecule has 21 heavy (non-hydrogen) atoms. The predicted octanol–water partition coefficient (Wildman–Crippen LogP) is 1.89. The number of nitrogens with one attached hydrogen (secondary N) is 1. The van der Waals surface area contributed by atoms with Crippen LogP contribution in [0.1, 0.15) is 17.5 Å². The Kier molecular flexibility index (Phi) is 2.70. The van der Waals surface area contributed by atoms with Crippen molar-refractivity contribution in [1.29, 1.82) is 0 Å². The molecule has 106 valence electrons. The van der Waals surface area contributed by atoms with Crippen molar-refractivity contribution < 1.29 is 0 Å². The lowest BCUT2D eigenvalue weighted by Crippen LogP contribution is -2.51. The van der Waals surface area contributed by atoms with Crippen LogP contribution >= 0.6 is 0 Å². The van der Waals surface area contributed by atoms with E-state index in [9.17, 15) is 0 Å². The molecule has 1 aromatic carbocycles. The van der Waals surface area contributed by atoms with E-state index in [2.05, 4.69) is 45.6 Å². The second-order valence-electron chi connectivity index (χ2n) is 5.96. The highest BCUT2D eigenvalue weighted by atomic mass is 15.2. The van der Waals surface area contributed by atoms with Crippen LogP contribution in [0.5, 0.6) is 0 Å². The van der Waals surface area contributed by atoms with Gasteiger partial charge in [0.25, 0.3) is 0 Å². The van der Waals surface area contributed by atoms with Gasteiger partial charge in [0, 0.05) is 12.4 Å². The molecular formula is C17H18N4. The Bertz CT molecular complexity index is 708. The van der Waals surface area contributed by atoms with Gasteiger partial charge < -0.3 is 11.1 Å². The van der Waals surface area contributed by atoms with Crippen LogP contribution in [0.25, 0.3) is 11.1 Å². The van der Waals surface area contributed by atoms with E-state index in [-0.39, 0.29) is 5.54 Å². The minimum absolute atomic E-state index is 0.0357. The van der Waals surface area contributed by atoms with Crippen LogP contribution in [0.4, 0.5) is 0 Å². The van der Waals surface area contributed by atoms with Gasteiger partial charge in [0.2, 0.25) is 0 Å². The second-order valence-corrected chi connectivity index (χ2v) is 5.96. The fourth-order valence-electron chi connectivity index (χ4n) is 3.54. The number of hydrogen-bond acceptors (Lipinski definition) is 4. The summed E-state index contributed by atoms with van der Waals surface area (Å²) in [5.41, 5.74) is 11.3. The summed E-state index contributed by atoms with van der Waals surface area (Å²) in [4.78, 5) is 8.45. The topological polar surface area (TPSA) is 63.3 Å². The molecule has 2 aromatic rings. The first kappa shape index (κ1) is 12.4. The number of rotatable bonds is 1. The van der Waals surface area contributed by atoms with Crippen molar-refractivity contribution >= 4 is 5.96 Å². The molecule has 1 aliphatic carbocycles. The molecule has 1 aliphatic heterocycles. The first-order chi connectivity index (χ1) is 10.3. The summed E-state index contributed by atoms with van der Waals surface area (Å²) in [5, 5.41) is 3.39. The van der Waals surface area contributed by atoms with E-state index >= 15 is 0 Å². The normalized spacial score (nSPS) is 23.5. The number of hydrogen-bond donors (Lipinski definition) is 2. The van der Waals surface area contributed by atoms with Gasteiger partial charge >= 0.3 is 0 Å². The van der Waals surface area contributed by atoms with Crippen LogP contribution in [0.15, 0.2) is 47.7 Å². The number of benzene rings is 1. The van der Waals surface area contributed by atoms with E-state index in [1.165, 1.54) is 22.3 Å². The lowest BCUT2D eigenvalue weighted by molar-refractivity contribution is 0.362. The van der Waals surface area contributed by atoms with Crippen molar-refractivity contribution in [2.75, 3.05) is 6.54 Å². The van der Waals surface area contributed by atoms with Gasteiger partial charge in [-0.2, -0.15) is 0 Å². The molecule has 2 heterocycles. The number of aromatic nitrogens is 1. The Morgan fingerprint density at radius 3 is 2.76 bits per heavy atom. The molecule has 0 bridgehead atoms. The van der Waals surface area contributed by atoms with E-state index in [4.69, 9.17) is 5.73 Å². The van der Waals surface area contributed by atoms with E-state index in [0.29, 0.717) is 5.96 Å². The van der Waals surface area contributed by atoms with Gasteiger partial charge in [0.05, 0.1) is 12.1 Å². The third-order valence-corrected chi connectivity index (χ3v) is 4.59. The van der Waals surface area contributed by atoms with Crippen LogP contribution in [0.2, 0.25) is 0 Å². The van der Waals surface area contributed by atoms with Crippen molar-refractivity contribution in [3.8, 4) is 11.1 Å². The van der Waals surface area contributed by atoms with Crippen LogP contribution in [-0.4, -0.2) is 23.0 Å². The van der Waals surface area contributed by atoms with Crippen LogP contribution < -0.4 is 11.1 Å². The van der Waals surface area contributed by atoms with E-state index in [0.717, 1.165) is 25.8 Å². The Hall–Kier alpha value is -2.36. The molecule has 4 rings (SSSR count). The molecule has 1 atom stereocenters. The molecule has 1 aromatic heterocycles. The number of aliphatic imine (C=N–C) groups is 1. The second kappa shape index (κ2) is 4.58. The Balaban J connectivity index is 1.72. The minimum Gasteiger partial charge on any atom is -0.370 e. The quantitative estimate of drug-likeness (QED) is 0.837. The van der Waals surface area contributed by atoms with Crippen molar-refractivity contribution in [3.05, 3.63) is 53.9 Å². The maximum Gasteiger partial charge on any atom is 0.189 e. The number of nitrogens with zero attached hydrogens (tertiary/aromatic N) is 2. The maximum absolute atomic E-state index is 5.81. The highest BCUT2D eigenvalue weighted by molar-refractivity contribution is 5.81. The summed E-state index contributed by atoms with van der Waals surface area (Å²) in [6.07, 6.45) is 6.83. The molecule has 3 N–H and O–H groups in total. The Labute approximate surface area is 124 Å². The Morgan fingerprint density at radius 1 is 1.14 bits per heavy atom. The average molecular weight is 278 g/mol. The van der Waals surface area contributed by atoms with E-state index < -0.39 is 0 Å². The fraction of sp³-hybridized carbons (Fsp3) is 0.294. The highest BCUT2D eigenvalue weighted by Gasteiger charge is 2.38. The average Bonchev–Trinajstić information content (AvgIpc) is 2.88. The monoisotopic (exact) mass is 278 g/mol. The molecule has 0 radical (unpaired) electrons. The molecule has 0 amide bonds. The van der Waals surface area contributed by atoms with Crippen LogP contribution in [0, 0.1) is 0 Å². The third kappa shape index (κ3) is 2.07. The van der Waals surface area contributed by atoms with Crippen molar-refractivity contribution in [3.63, 3.8) is 0 Å². The van der Waals surface area contributed by atoms with E-state index in [1.807, 2.05) is 12.4 Å². The van der Waals surface area contributed by atoms with Gasteiger partial charge in [0.1, 0.15) is 0 Å². The minimum atomic E-state index is 0.0357. The third-order valence-electron chi connectivity index (χ3n) is 4.59. The zero-order valence-electron chi connectivity index (χ0n) is 11.8. The fourth-order valence-corrected chi connectivity index (χ4v) is 3.54. The van der Waals surface area contributed by atoms with E-state index in [1.54, 1.807) is 0 Å². The first-order valence-electron chi connectivity index (χ1n) is 7.35. The van der Waals surface area contributed by atoms with Gasteiger partial charge in [-0.1, -0.05) is 18.2 Å². The lowest BCUT2D eigenvalue weighted by atomic mass is 9.76. The van der Waals surface area contributed by atoms with Gasteiger partial charge in [-0.05, 0) is 53.6 Å². The number of guanidine groups is 1. The number of nitrogens with two attached hydrogens (primary N) is 1. The molecule has 0 saturated carbocycles. The molecule has 0 fully saturated rings. The molecule has 0 saturated heterocycles. The van der Waals surface area contributed by atoms with Crippen molar-refractivity contribution in [2.24, 2.45) is 10.7 Å². The summed E-state index contributed by atoms with van der Waals surface area (Å²) in [6, 6.07) is 10.7. The summed E-state index contributed by atoms with van der Waals surface area (Å²) in [7, 11) is 0. The van der Waals surface area contributed by atoms with Gasteiger partial charge in [-0.25, -0.2) is 0 Å². The van der Waals surface area contributed by atoms with Gasteiger partial charge in [-0.3, -0.25) is 9.98 Å². The molecule has 4 heteroatoms. The summed E-state index contributed by atoms with van der Waals surface area (Å²) in [6.45, 7) is 0.789. The first-order valence-corrected chi connectivity index (χ1v) is 7.35. The summed E-state index contributed by atoms with van der Waals surface area (Å²) >= 11 is 0. The largest absolute Gasteiger partial charge is 0.370 e. The van der Waals surface area contributed by atoms with Crippen LogP contribution in [-0.2, 0) is 12.8 Å². The smallest absolute Gasteiger partial charge is 0.189 e. The SMILES string of the molecule is NC1=NCC2(CCc3c(cccc3-c3ccncc3)C2)N1. The molecule has 1 spiro atoms. The standard InChI is InChI=1S/C17H18N4/c18-16-20-11-17(21-16)7-4-15-13(10-17)2-1-3-14(15)12-5-8-19-9-6-12/h1-3,5-6,8-9H,4,7,10-11H2,(H3,18,20,21). The summed E-state index contributed by atoms with van der Waals surface area (Å²) in [5.74, 6) is 0.587. The van der Waals surface area contributed by atoms with Crippen molar-refractivity contribution in [2.45, 2.75) is 24.8 Å². The van der Waals surface area contributed by atoms with Gasteiger partial charge in [0.15, 0.2) is 5.96 Å². The summed E-state index contributed by atoms with van der Waals surface area (Å²) < 4.78 is 0. The Morgan fingerprint density at radius 2 is 2.00 bits per heavy atom. The zero-order valence-corrected chi connectivity index (χ0v) is 11.8. The van der Waals surface area contributed by atoms with Crippen molar-refractivity contribution in [1.82, 2.24) is 10.3 Å². The predicted molar refractivity (Wildman–Crippen MR) is 84.1 cm³/mol.